The molecule has 1 unspecified atom stereocenters. The van der Waals surface area contributed by atoms with Gasteiger partial charge >= 0.3 is 0 Å². The van der Waals surface area contributed by atoms with Gasteiger partial charge in [0.2, 0.25) is 11.8 Å². The number of nitrogens with one attached hydrogen (secondary N) is 1. The maximum atomic E-state index is 12.7. The maximum Gasteiger partial charge on any atom is 0.227 e. The van der Waals surface area contributed by atoms with Crippen LogP contribution in [0.5, 0.6) is 0 Å². The molecule has 0 saturated carbocycles. The average Bonchev–Trinajstić information content (AvgIpc) is 2.97. The van der Waals surface area contributed by atoms with Gasteiger partial charge in [0.1, 0.15) is 0 Å². The van der Waals surface area contributed by atoms with Crippen molar-refractivity contribution in [3.05, 3.63) is 35.9 Å². The summed E-state index contributed by atoms with van der Waals surface area (Å²) in [6, 6.07) is 9.98. The second-order valence-corrected chi connectivity index (χ2v) is 6.99. The van der Waals surface area contributed by atoms with Gasteiger partial charge in [-0.3, -0.25) is 9.59 Å². The van der Waals surface area contributed by atoms with E-state index in [1.807, 2.05) is 47.2 Å². The monoisotopic (exact) mass is 329 g/mol. The average molecular weight is 329 g/mol. The van der Waals surface area contributed by atoms with E-state index >= 15 is 0 Å². The number of amides is 2. The Morgan fingerprint density at radius 3 is 2.58 bits per heavy atom. The smallest absolute Gasteiger partial charge is 0.227 e. The topological polar surface area (TPSA) is 52.7 Å². The van der Waals surface area contributed by atoms with E-state index in [2.05, 4.69) is 5.32 Å². The Kier molecular flexibility index (Phi) is 5.51. The van der Waals surface area contributed by atoms with Crippen molar-refractivity contribution in [3.8, 4) is 0 Å². The third-order valence-electron chi connectivity index (χ3n) is 5.20. The number of carbonyl (C=O) groups is 2. The van der Waals surface area contributed by atoms with E-state index in [-0.39, 0.29) is 17.7 Å². The van der Waals surface area contributed by atoms with E-state index < -0.39 is 0 Å². The largest absolute Gasteiger partial charge is 0.342 e. The summed E-state index contributed by atoms with van der Waals surface area (Å²) in [7, 11) is 1.98. The van der Waals surface area contributed by atoms with Crippen LogP contribution in [-0.2, 0) is 16.1 Å². The zero-order valence-electron chi connectivity index (χ0n) is 14.4. The maximum absolute atomic E-state index is 12.7. The van der Waals surface area contributed by atoms with E-state index in [1.165, 1.54) is 0 Å². The molecule has 1 aromatic carbocycles. The molecule has 0 spiro atoms. The van der Waals surface area contributed by atoms with Gasteiger partial charge in [0.15, 0.2) is 0 Å². The summed E-state index contributed by atoms with van der Waals surface area (Å²) < 4.78 is 0. The summed E-state index contributed by atoms with van der Waals surface area (Å²) >= 11 is 0. The number of likely N-dealkylation sites (tertiary alicyclic amines) is 2. The molecule has 2 heterocycles. The molecule has 1 N–H and O–H groups in total. The minimum Gasteiger partial charge on any atom is -0.342 e. The van der Waals surface area contributed by atoms with Gasteiger partial charge in [-0.05, 0) is 37.9 Å². The highest BCUT2D eigenvalue weighted by Crippen LogP contribution is 2.25. The lowest BCUT2D eigenvalue weighted by molar-refractivity contribution is -0.137. The molecule has 0 aliphatic carbocycles. The van der Waals surface area contributed by atoms with Crippen LogP contribution >= 0.6 is 0 Å². The molecule has 3 rings (SSSR count). The standard InChI is InChI=1S/C19H27N3O2/c1-20-12-15-7-9-21(10-8-15)19(24)17-11-18(23)22(14-17)13-16-5-3-2-4-6-16/h2-6,15,17,20H,7-14H2,1H3. The third kappa shape index (κ3) is 3.96. The van der Waals surface area contributed by atoms with Gasteiger partial charge in [-0.2, -0.15) is 0 Å². The molecule has 2 fully saturated rings. The lowest BCUT2D eigenvalue weighted by atomic mass is 9.95. The molecule has 2 saturated heterocycles. The zero-order valence-corrected chi connectivity index (χ0v) is 14.4. The van der Waals surface area contributed by atoms with Crippen molar-refractivity contribution in [2.24, 2.45) is 11.8 Å². The van der Waals surface area contributed by atoms with Crippen molar-refractivity contribution in [1.29, 1.82) is 0 Å². The van der Waals surface area contributed by atoms with Gasteiger partial charge in [0.25, 0.3) is 0 Å². The van der Waals surface area contributed by atoms with E-state index in [0.717, 1.165) is 38.0 Å². The second kappa shape index (κ2) is 7.79. The van der Waals surface area contributed by atoms with Crippen LogP contribution in [0.15, 0.2) is 30.3 Å². The number of carbonyl (C=O) groups excluding carboxylic acids is 2. The molecule has 5 nitrogen and oxygen atoms in total. The number of nitrogens with zero attached hydrogens (tertiary/aromatic N) is 2. The van der Waals surface area contributed by atoms with Crippen LogP contribution in [0.3, 0.4) is 0 Å². The highest BCUT2D eigenvalue weighted by atomic mass is 16.2. The summed E-state index contributed by atoms with van der Waals surface area (Å²) in [4.78, 5) is 28.8. The molecule has 2 aliphatic rings. The summed E-state index contributed by atoms with van der Waals surface area (Å²) in [5.41, 5.74) is 1.12. The van der Waals surface area contributed by atoms with E-state index in [1.54, 1.807) is 0 Å². The molecule has 24 heavy (non-hydrogen) atoms. The molecule has 130 valence electrons. The molecule has 1 atom stereocenters. The van der Waals surface area contributed by atoms with Crippen LogP contribution in [0.1, 0.15) is 24.8 Å². The van der Waals surface area contributed by atoms with Crippen molar-refractivity contribution in [1.82, 2.24) is 15.1 Å². The molecular formula is C19H27N3O2. The first kappa shape index (κ1) is 17.0. The van der Waals surface area contributed by atoms with Crippen molar-refractivity contribution >= 4 is 11.8 Å². The Bertz CT molecular complexity index is 567. The predicted molar refractivity (Wildman–Crippen MR) is 93.2 cm³/mol. The zero-order chi connectivity index (χ0) is 16.9. The van der Waals surface area contributed by atoms with Crippen molar-refractivity contribution in [2.45, 2.75) is 25.8 Å². The first-order valence-corrected chi connectivity index (χ1v) is 8.92. The number of piperidine rings is 1. The Labute approximate surface area is 144 Å². The molecular weight excluding hydrogens is 302 g/mol. The van der Waals surface area contributed by atoms with Crippen LogP contribution in [-0.4, -0.2) is 54.8 Å². The summed E-state index contributed by atoms with van der Waals surface area (Å²) in [5.74, 6) is 0.769. The van der Waals surface area contributed by atoms with Crippen LogP contribution in [0.2, 0.25) is 0 Å². The normalized spacial score (nSPS) is 22.2. The molecule has 0 radical (unpaired) electrons. The fourth-order valence-electron chi connectivity index (χ4n) is 3.80. The molecule has 0 bridgehead atoms. The molecule has 2 aliphatic heterocycles. The number of hydrogen-bond donors (Lipinski definition) is 1. The Morgan fingerprint density at radius 2 is 1.92 bits per heavy atom. The quantitative estimate of drug-likeness (QED) is 0.890. The van der Waals surface area contributed by atoms with Crippen LogP contribution in [0, 0.1) is 11.8 Å². The van der Waals surface area contributed by atoms with Crippen molar-refractivity contribution in [3.63, 3.8) is 0 Å². The van der Waals surface area contributed by atoms with Crippen LogP contribution < -0.4 is 5.32 Å². The van der Waals surface area contributed by atoms with Gasteiger partial charge in [0.05, 0.1) is 5.92 Å². The summed E-state index contributed by atoms with van der Waals surface area (Å²) in [5, 5.41) is 3.22. The molecule has 5 heteroatoms. The second-order valence-electron chi connectivity index (χ2n) is 6.99. The number of hydrogen-bond acceptors (Lipinski definition) is 3. The Hall–Kier alpha value is -1.88. The highest BCUT2D eigenvalue weighted by molar-refractivity contribution is 5.89. The van der Waals surface area contributed by atoms with E-state index in [9.17, 15) is 9.59 Å². The SMILES string of the molecule is CNCC1CCN(C(=O)C2CC(=O)N(Cc3ccccc3)C2)CC1. The van der Waals surface area contributed by atoms with Crippen molar-refractivity contribution in [2.75, 3.05) is 33.2 Å². The third-order valence-corrected chi connectivity index (χ3v) is 5.20. The molecule has 2 amide bonds. The van der Waals surface area contributed by atoms with Gasteiger partial charge in [-0.1, -0.05) is 30.3 Å². The molecule has 1 aromatic rings. The first-order valence-electron chi connectivity index (χ1n) is 8.92. The predicted octanol–water partition coefficient (Wildman–Crippen LogP) is 1.49. The van der Waals surface area contributed by atoms with Gasteiger partial charge in [0, 0.05) is 32.6 Å². The summed E-state index contributed by atoms with van der Waals surface area (Å²) in [6.45, 7) is 3.84. The lowest BCUT2D eigenvalue weighted by Gasteiger charge is -2.33. The summed E-state index contributed by atoms with van der Waals surface area (Å²) in [6.07, 6.45) is 2.48. The number of rotatable bonds is 5. The first-order chi connectivity index (χ1) is 11.7. The van der Waals surface area contributed by atoms with Gasteiger partial charge < -0.3 is 15.1 Å². The fourth-order valence-corrected chi connectivity index (χ4v) is 3.80. The lowest BCUT2D eigenvalue weighted by Crippen LogP contribution is -2.43. The number of benzene rings is 1. The van der Waals surface area contributed by atoms with Gasteiger partial charge in [-0.25, -0.2) is 0 Å². The minimum absolute atomic E-state index is 0.0993. The van der Waals surface area contributed by atoms with E-state index in [0.29, 0.717) is 25.4 Å². The highest BCUT2D eigenvalue weighted by Gasteiger charge is 2.37. The van der Waals surface area contributed by atoms with Gasteiger partial charge in [-0.15, -0.1) is 0 Å². The molecule has 0 aromatic heterocycles. The Balaban J connectivity index is 1.53. The van der Waals surface area contributed by atoms with E-state index in [4.69, 9.17) is 0 Å². The van der Waals surface area contributed by atoms with Crippen LogP contribution in [0.25, 0.3) is 0 Å². The fraction of sp³-hybridized carbons (Fsp3) is 0.579. The van der Waals surface area contributed by atoms with Crippen molar-refractivity contribution < 1.29 is 9.59 Å². The van der Waals surface area contributed by atoms with Crippen LogP contribution in [0.4, 0.5) is 0 Å². The minimum atomic E-state index is -0.165. The Morgan fingerprint density at radius 1 is 1.21 bits per heavy atom.